The number of aromatic carboxylic acids is 1. The predicted octanol–water partition coefficient (Wildman–Crippen LogP) is 3.03. The Morgan fingerprint density at radius 1 is 1.10 bits per heavy atom. The zero-order valence-electron chi connectivity index (χ0n) is 11.3. The van der Waals surface area contributed by atoms with Gasteiger partial charge in [0.1, 0.15) is 4.88 Å². The second kappa shape index (κ2) is 5.88. The van der Waals surface area contributed by atoms with E-state index in [1.165, 1.54) is 11.6 Å². The third-order valence-corrected chi connectivity index (χ3v) is 3.98. The number of carboxylic acids is 1. The van der Waals surface area contributed by atoms with Crippen LogP contribution in [0.3, 0.4) is 0 Å². The van der Waals surface area contributed by atoms with Crippen LogP contribution >= 0.6 is 11.3 Å². The minimum Gasteiger partial charge on any atom is -0.477 e. The number of aryl methyl sites for hydroxylation is 1. The Hall–Kier alpha value is -2.14. The summed E-state index contributed by atoms with van der Waals surface area (Å²) in [6.45, 7) is 2.51. The van der Waals surface area contributed by atoms with Crippen LogP contribution in [-0.2, 0) is 6.54 Å². The molecular formula is C15H15NO3S. The van der Waals surface area contributed by atoms with E-state index in [-0.39, 0.29) is 10.8 Å². The van der Waals surface area contributed by atoms with Gasteiger partial charge in [-0.1, -0.05) is 29.8 Å². The number of benzene rings is 1. The first kappa shape index (κ1) is 14.3. The number of amides is 1. The summed E-state index contributed by atoms with van der Waals surface area (Å²) < 4.78 is 0. The Balaban J connectivity index is 2.07. The number of carbonyl (C=O) groups is 2. The van der Waals surface area contributed by atoms with Crippen molar-refractivity contribution in [2.75, 3.05) is 7.05 Å². The monoisotopic (exact) mass is 289 g/mol. The largest absolute Gasteiger partial charge is 0.477 e. The van der Waals surface area contributed by atoms with Crippen LogP contribution < -0.4 is 0 Å². The molecule has 1 amide bonds. The van der Waals surface area contributed by atoms with Gasteiger partial charge in [0.05, 0.1) is 4.88 Å². The van der Waals surface area contributed by atoms with Crippen molar-refractivity contribution < 1.29 is 14.7 Å². The van der Waals surface area contributed by atoms with Gasteiger partial charge in [-0.15, -0.1) is 11.3 Å². The molecule has 0 bridgehead atoms. The number of nitrogens with zero attached hydrogens (tertiary/aromatic N) is 1. The molecule has 0 radical (unpaired) electrons. The molecule has 1 heterocycles. The van der Waals surface area contributed by atoms with Gasteiger partial charge in [-0.3, -0.25) is 4.79 Å². The lowest BCUT2D eigenvalue weighted by Crippen LogP contribution is -2.25. The molecule has 2 rings (SSSR count). The van der Waals surface area contributed by atoms with Gasteiger partial charge in [-0.05, 0) is 24.6 Å². The lowest BCUT2D eigenvalue weighted by Gasteiger charge is -2.16. The lowest BCUT2D eigenvalue weighted by molar-refractivity contribution is 0.0701. The number of carbonyl (C=O) groups excluding carboxylic acids is 1. The van der Waals surface area contributed by atoms with Gasteiger partial charge in [0.15, 0.2) is 0 Å². The summed E-state index contributed by atoms with van der Waals surface area (Å²) >= 11 is 1.000. The second-order valence-electron chi connectivity index (χ2n) is 4.62. The first-order chi connectivity index (χ1) is 9.47. The Labute approximate surface area is 121 Å². The van der Waals surface area contributed by atoms with Crippen LogP contribution in [0.2, 0.25) is 0 Å². The highest BCUT2D eigenvalue weighted by Crippen LogP contribution is 2.19. The van der Waals surface area contributed by atoms with Crippen LogP contribution in [0.25, 0.3) is 0 Å². The number of thiophene rings is 1. The molecule has 0 aliphatic carbocycles. The second-order valence-corrected chi connectivity index (χ2v) is 5.70. The van der Waals surface area contributed by atoms with Crippen LogP contribution in [0.1, 0.15) is 30.5 Å². The molecule has 0 aliphatic rings. The van der Waals surface area contributed by atoms with E-state index in [0.29, 0.717) is 11.4 Å². The highest BCUT2D eigenvalue weighted by atomic mass is 32.1. The minimum absolute atomic E-state index is 0.164. The molecule has 0 unspecified atom stereocenters. The summed E-state index contributed by atoms with van der Waals surface area (Å²) in [5, 5.41) is 8.87. The zero-order valence-corrected chi connectivity index (χ0v) is 12.1. The number of hydrogen-bond acceptors (Lipinski definition) is 3. The van der Waals surface area contributed by atoms with Gasteiger partial charge in [0.2, 0.25) is 0 Å². The molecular weight excluding hydrogens is 274 g/mol. The van der Waals surface area contributed by atoms with Gasteiger partial charge in [-0.25, -0.2) is 4.79 Å². The van der Waals surface area contributed by atoms with Gasteiger partial charge in [0, 0.05) is 13.6 Å². The van der Waals surface area contributed by atoms with Crippen molar-refractivity contribution in [3.63, 3.8) is 0 Å². The number of rotatable bonds is 4. The molecule has 2 aromatic rings. The fourth-order valence-corrected chi connectivity index (χ4v) is 2.63. The van der Waals surface area contributed by atoms with Crippen LogP contribution in [0.4, 0.5) is 0 Å². The van der Waals surface area contributed by atoms with Crippen LogP contribution in [0.15, 0.2) is 36.4 Å². The Morgan fingerprint density at radius 3 is 2.25 bits per heavy atom. The quantitative estimate of drug-likeness (QED) is 0.941. The summed E-state index contributed by atoms with van der Waals surface area (Å²) in [4.78, 5) is 25.2. The molecule has 1 N–H and O–H groups in total. The summed E-state index contributed by atoms with van der Waals surface area (Å²) in [5.74, 6) is -1.17. The molecule has 20 heavy (non-hydrogen) atoms. The minimum atomic E-state index is -1.00. The van der Waals surface area contributed by atoms with Crippen LogP contribution in [-0.4, -0.2) is 28.9 Å². The Kier molecular flexibility index (Phi) is 4.20. The topological polar surface area (TPSA) is 57.6 Å². The number of carboxylic acid groups (broad SMARTS) is 1. The van der Waals surface area contributed by atoms with E-state index in [9.17, 15) is 9.59 Å². The fourth-order valence-electron chi connectivity index (χ4n) is 1.80. The van der Waals surface area contributed by atoms with E-state index in [1.807, 2.05) is 31.2 Å². The SMILES string of the molecule is Cc1ccc(CN(C)C(=O)c2ccc(C(=O)O)s2)cc1. The van der Waals surface area contributed by atoms with E-state index >= 15 is 0 Å². The van der Waals surface area contributed by atoms with E-state index in [4.69, 9.17) is 5.11 Å². The zero-order chi connectivity index (χ0) is 14.7. The maximum Gasteiger partial charge on any atom is 0.345 e. The molecule has 0 saturated carbocycles. The van der Waals surface area contributed by atoms with Gasteiger partial charge >= 0.3 is 5.97 Å². The molecule has 0 saturated heterocycles. The highest BCUT2D eigenvalue weighted by molar-refractivity contribution is 7.15. The Bertz CT molecular complexity index is 631. The van der Waals surface area contributed by atoms with Gasteiger partial charge in [-0.2, -0.15) is 0 Å². The van der Waals surface area contributed by atoms with Crippen molar-refractivity contribution in [1.82, 2.24) is 4.90 Å². The fraction of sp³-hybridized carbons (Fsp3) is 0.200. The average Bonchev–Trinajstić information content (AvgIpc) is 2.90. The first-order valence-corrected chi connectivity index (χ1v) is 6.93. The Morgan fingerprint density at radius 2 is 1.70 bits per heavy atom. The standard InChI is InChI=1S/C15H15NO3S/c1-10-3-5-11(6-4-10)9-16(2)14(17)12-7-8-13(20-12)15(18)19/h3-8H,9H2,1-2H3,(H,18,19). The normalized spacial score (nSPS) is 10.3. The van der Waals surface area contributed by atoms with Crippen molar-refractivity contribution in [3.8, 4) is 0 Å². The molecule has 1 aromatic carbocycles. The van der Waals surface area contributed by atoms with E-state index in [2.05, 4.69) is 0 Å². The molecule has 4 nitrogen and oxygen atoms in total. The predicted molar refractivity (Wildman–Crippen MR) is 78.3 cm³/mol. The molecule has 1 aromatic heterocycles. The number of hydrogen-bond donors (Lipinski definition) is 1. The molecule has 0 atom stereocenters. The molecule has 104 valence electrons. The van der Waals surface area contributed by atoms with Gasteiger partial charge in [0.25, 0.3) is 5.91 Å². The van der Waals surface area contributed by atoms with Crippen molar-refractivity contribution >= 4 is 23.2 Å². The average molecular weight is 289 g/mol. The maximum absolute atomic E-state index is 12.2. The smallest absolute Gasteiger partial charge is 0.345 e. The van der Waals surface area contributed by atoms with Crippen LogP contribution in [0, 0.1) is 6.92 Å². The summed E-state index contributed by atoms with van der Waals surface area (Å²) in [6.07, 6.45) is 0. The molecule has 5 heteroatoms. The molecule has 0 spiro atoms. The van der Waals surface area contributed by atoms with Crippen molar-refractivity contribution in [2.24, 2.45) is 0 Å². The summed E-state index contributed by atoms with van der Waals surface area (Å²) in [6, 6.07) is 11.0. The maximum atomic E-state index is 12.2. The van der Waals surface area contributed by atoms with E-state index in [0.717, 1.165) is 16.9 Å². The third-order valence-electron chi connectivity index (χ3n) is 2.91. The lowest BCUT2D eigenvalue weighted by atomic mass is 10.1. The van der Waals surface area contributed by atoms with E-state index in [1.54, 1.807) is 18.0 Å². The van der Waals surface area contributed by atoms with Crippen molar-refractivity contribution in [2.45, 2.75) is 13.5 Å². The van der Waals surface area contributed by atoms with E-state index < -0.39 is 5.97 Å². The third kappa shape index (κ3) is 3.24. The van der Waals surface area contributed by atoms with Crippen LogP contribution in [0.5, 0.6) is 0 Å². The highest BCUT2D eigenvalue weighted by Gasteiger charge is 2.16. The summed E-state index contributed by atoms with van der Waals surface area (Å²) in [7, 11) is 1.71. The van der Waals surface area contributed by atoms with Gasteiger partial charge < -0.3 is 10.0 Å². The molecule has 0 aliphatic heterocycles. The summed E-state index contributed by atoms with van der Waals surface area (Å²) in [5.41, 5.74) is 2.22. The van der Waals surface area contributed by atoms with Crippen molar-refractivity contribution in [1.29, 1.82) is 0 Å². The van der Waals surface area contributed by atoms with Crippen molar-refractivity contribution in [3.05, 3.63) is 57.3 Å². The molecule has 0 fully saturated rings. The first-order valence-electron chi connectivity index (χ1n) is 6.11.